The van der Waals surface area contributed by atoms with Gasteiger partial charge in [-0.3, -0.25) is 9.59 Å². The number of hydrogen-bond donors (Lipinski definition) is 2. The Morgan fingerprint density at radius 2 is 2.18 bits per heavy atom. The predicted molar refractivity (Wildman–Crippen MR) is 66.2 cm³/mol. The minimum Gasteiger partial charge on any atom is -0.352 e. The van der Waals surface area contributed by atoms with E-state index in [1.807, 2.05) is 13.8 Å². The number of nitrogens with two attached hydrogens (primary N) is 1. The molecule has 0 spiro atoms. The van der Waals surface area contributed by atoms with Gasteiger partial charge < -0.3 is 16.0 Å². The van der Waals surface area contributed by atoms with Crippen molar-refractivity contribution in [2.24, 2.45) is 11.7 Å². The molecule has 2 unspecified atom stereocenters. The Balaban J connectivity index is 2.47. The normalized spacial score (nSPS) is 23.3. The van der Waals surface area contributed by atoms with Crippen LogP contribution in [-0.4, -0.2) is 41.9 Å². The predicted octanol–water partition coefficient (Wildman–Crippen LogP) is 0.0968. The lowest BCUT2D eigenvalue weighted by molar-refractivity contribution is -0.133. The van der Waals surface area contributed by atoms with Crippen molar-refractivity contribution in [3.63, 3.8) is 0 Å². The van der Waals surface area contributed by atoms with Gasteiger partial charge in [-0.25, -0.2) is 0 Å². The first-order chi connectivity index (χ1) is 7.95. The molecule has 5 nitrogen and oxygen atoms in total. The van der Waals surface area contributed by atoms with Gasteiger partial charge in [0, 0.05) is 26.1 Å². The molecule has 1 aliphatic heterocycles. The number of likely N-dealkylation sites (tertiary alicyclic amines) is 1. The number of nitrogens with one attached hydrogen (secondary N) is 1. The zero-order chi connectivity index (χ0) is 13.0. The molecule has 2 amide bonds. The SMILES string of the molecule is CCC(C)[C@H](N)C(=O)N1CCC(NC(C)=O)C1. The van der Waals surface area contributed by atoms with E-state index in [1.165, 1.54) is 6.92 Å². The molecule has 0 aromatic carbocycles. The van der Waals surface area contributed by atoms with Crippen LogP contribution in [0.3, 0.4) is 0 Å². The highest BCUT2D eigenvalue weighted by Gasteiger charge is 2.31. The minimum absolute atomic E-state index is 0.00667. The molecular formula is C12H23N3O2. The summed E-state index contributed by atoms with van der Waals surface area (Å²) in [4.78, 5) is 24.8. The van der Waals surface area contributed by atoms with E-state index in [0.29, 0.717) is 13.1 Å². The Morgan fingerprint density at radius 1 is 1.53 bits per heavy atom. The summed E-state index contributed by atoms with van der Waals surface area (Å²) in [5, 5.41) is 2.84. The molecule has 3 atom stereocenters. The van der Waals surface area contributed by atoms with Gasteiger partial charge in [0.15, 0.2) is 0 Å². The van der Waals surface area contributed by atoms with Crippen LogP contribution < -0.4 is 11.1 Å². The Hall–Kier alpha value is -1.10. The van der Waals surface area contributed by atoms with E-state index in [4.69, 9.17) is 5.73 Å². The van der Waals surface area contributed by atoms with Crippen LogP contribution in [0.15, 0.2) is 0 Å². The summed E-state index contributed by atoms with van der Waals surface area (Å²) in [5.41, 5.74) is 5.92. The Labute approximate surface area is 103 Å². The highest BCUT2D eigenvalue weighted by molar-refractivity contribution is 5.82. The summed E-state index contributed by atoms with van der Waals surface area (Å²) in [6, 6.07) is -0.336. The fraction of sp³-hybridized carbons (Fsp3) is 0.833. The van der Waals surface area contributed by atoms with Crippen LogP contribution in [0.1, 0.15) is 33.6 Å². The van der Waals surface area contributed by atoms with Crippen molar-refractivity contribution >= 4 is 11.8 Å². The van der Waals surface area contributed by atoms with Crippen molar-refractivity contribution in [1.29, 1.82) is 0 Å². The van der Waals surface area contributed by atoms with E-state index in [-0.39, 0.29) is 23.8 Å². The summed E-state index contributed by atoms with van der Waals surface area (Å²) in [5.74, 6) is 0.157. The van der Waals surface area contributed by atoms with Crippen molar-refractivity contribution in [2.45, 2.75) is 45.7 Å². The smallest absolute Gasteiger partial charge is 0.239 e. The molecule has 1 rings (SSSR count). The maximum Gasteiger partial charge on any atom is 0.239 e. The third-order valence-corrected chi connectivity index (χ3v) is 3.45. The Morgan fingerprint density at radius 3 is 2.71 bits per heavy atom. The van der Waals surface area contributed by atoms with E-state index < -0.39 is 6.04 Å². The second kappa shape index (κ2) is 6.00. The van der Waals surface area contributed by atoms with E-state index in [2.05, 4.69) is 5.32 Å². The lowest BCUT2D eigenvalue weighted by Crippen LogP contribution is -2.47. The molecule has 1 heterocycles. The second-order valence-electron chi connectivity index (χ2n) is 4.88. The summed E-state index contributed by atoms with van der Waals surface area (Å²) in [7, 11) is 0. The lowest BCUT2D eigenvalue weighted by Gasteiger charge is -2.24. The highest BCUT2D eigenvalue weighted by atomic mass is 16.2. The summed E-state index contributed by atoms with van der Waals surface area (Å²) < 4.78 is 0. The number of carbonyl (C=O) groups is 2. The van der Waals surface area contributed by atoms with E-state index in [0.717, 1.165) is 12.8 Å². The molecule has 1 fully saturated rings. The lowest BCUT2D eigenvalue weighted by atomic mass is 9.99. The molecule has 3 N–H and O–H groups in total. The van der Waals surface area contributed by atoms with Crippen LogP contribution in [0, 0.1) is 5.92 Å². The standard InChI is InChI=1S/C12H23N3O2/c1-4-8(2)11(13)12(17)15-6-5-10(7-15)14-9(3)16/h8,10-11H,4-7,13H2,1-3H3,(H,14,16)/t8?,10?,11-/m0/s1. The van der Waals surface area contributed by atoms with E-state index in [9.17, 15) is 9.59 Å². The fourth-order valence-corrected chi connectivity index (χ4v) is 2.07. The molecule has 17 heavy (non-hydrogen) atoms. The number of rotatable bonds is 4. The largest absolute Gasteiger partial charge is 0.352 e. The number of nitrogens with zero attached hydrogens (tertiary/aromatic N) is 1. The van der Waals surface area contributed by atoms with Crippen molar-refractivity contribution in [3.05, 3.63) is 0 Å². The van der Waals surface area contributed by atoms with Crippen LogP contribution in [0.25, 0.3) is 0 Å². The first kappa shape index (κ1) is 14.0. The zero-order valence-corrected chi connectivity index (χ0v) is 10.9. The summed E-state index contributed by atoms with van der Waals surface area (Å²) in [6.07, 6.45) is 1.72. The van der Waals surface area contributed by atoms with Gasteiger partial charge in [0.1, 0.15) is 0 Å². The van der Waals surface area contributed by atoms with Crippen molar-refractivity contribution in [1.82, 2.24) is 10.2 Å². The molecule has 1 saturated heterocycles. The molecule has 0 aromatic rings. The van der Waals surface area contributed by atoms with Gasteiger partial charge in [0.2, 0.25) is 11.8 Å². The Bertz CT molecular complexity index is 293. The van der Waals surface area contributed by atoms with Gasteiger partial charge in [0.05, 0.1) is 6.04 Å². The number of amides is 2. The third-order valence-electron chi connectivity index (χ3n) is 3.45. The molecule has 1 aliphatic rings. The molecule has 0 aromatic heterocycles. The fourth-order valence-electron chi connectivity index (χ4n) is 2.07. The third kappa shape index (κ3) is 3.70. The van der Waals surface area contributed by atoms with Crippen LogP contribution in [0.2, 0.25) is 0 Å². The molecule has 5 heteroatoms. The molecular weight excluding hydrogens is 218 g/mol. The molecule has 0 saturated carbocycles. The van der Waals surface area contributed by atoms with Gasteiger partial charge in [-0.2, -0.15) is 0 Å². The van der Waals surface area contributed by atoms with Crippen LogP contribution >= 0.6 is 0 Å². The average molecular weight is 241 g/mol. The first-order valence-electron chi connectivity index (χ1n) is 6.27. The average Bonchev–Trinajstić information content (AvgIpc) is 2.73. The Kier molecular flexibility index (Phi) is 4.93. The second-order valence-corrected chi connectivity index (χ2v) is 4.88. The van der Waals surface area contributed by atoms with Crippen molar-refractivity contribution in [3.8, 4) is 0 Å². The van der Waals surface area contributed by atoms with Crippen LogP contribution in [-0.2, 0) is 9.59 Å². The van der Waals surface area contributed by atoms with E-state index >= 15 is 0 Å². The van der Waals surface area contributed by atoms with Gasteiger partial charge in [-0.05, 0) is 12.3 Å². The monoisotopic (exact) mass is 241 g/mol. The number of carbonyl (C=O) groups excluding carboxylic acids is 2. The molecule has 0 bridgehead atoms. The zero-order valence-electron chi connectivity index (χ0n) is 10.9. The molecule has 0 radical (unpaired) electrons. The van der Waals surface area contributed by atoms with Crippen LogP contribution in [0.5, 0.6) is 0 Å². The highest BCUT2D eigenvalue weighted by Crippen LogP contribution is 2.14. The number of hydrogen-bond acceptors (Lipinski definition) is 3. The van der Waals surface area contributed by atoms with Crippen molar-refractivity contribution < 1.29 is 9.59 Å². The van der Waals surface area contributed by atoms with Crippen LogP contribution in [0.4, 0.5) is 0 Å². The molecule has 0 aliphatic carbocycles. The van der Waals surface area contributed by atoms with Gasteiger partial charge in [-0.1, -0.05) is 20.3 Å². The van der Waals surface area contributed by atoms with Gasteiger partial charge >= 0.3 is 0 Å². The minimum atomic E-state index is -0.420. The van der Waals surface area contributed by atoms with E-state index in [1.54, 1.807) is 4.90 Å². The quantitative estimate of drug-likeness (QED) is 0.733. The molecule has 98 valence electrons. The summed E-state index contributed by atoms with van der Waals surface area (Å²) >= 11 is 0. The maximum atomic E-state index is 12.1. The van der Waals surface area contributed by atoms with Gasteiger partial charge in [-0.15, -0.1) is 0 Å². The van der Waals surface area contributed by atoms with Gasteiger partial charge in [0.25, 0.3) is 0 Å². The van der Waals surface area contributed by atoms with Crippen molar-refractivity contribution in [2.75, 3.05) is 13.1 Å². The topological polar surface area (TPSA) is 75.4 Å². The summed E-state index contributed by atoms with van der Waals surface area (Å²) in [6.45, 7) is 6.79. The maximum absolute atomic E-state index is 12.1. The first-order valence-corrected chi connectivity index (χ1v) is 6.27.